The molecule has 0 saturated heterocycles. The maximum Gasteiger partial charge on any atom is 0.200 e. The number of halogens is 1. The predicted octanol–water partition coefficient (Wildman–Crippen LogP) is 6.80. The van der Waals surface area contributed by atoms with E-state index in [-0.39, 0.29) is 12.4 Å². The molecule has 0 aliphatic rings. The van der Waals surface area contributed by atoms with Crippen molar-refractivity contribution in [1.29, 1.82) is 5.26 Å². The molecule has 1 heterocycles. The molecule has 0 amide bonds. The number of benzene rings is 3. The highest BCUT2D eigenvalue weighted by atomic mass is 35.5. The number of ketones is 1. The second-order valence-electron chi connectivity index (χ2n) is 7.22. The first kappa shape index (κ1) is 23.2. The number of aromatic nitrogens is 1. The summed E-state index contributed by atoms with van der Waals surface area (Å²) in [6.07, 6.45) is 1.77. The molecule has 0 spiro atoms. The van der Waals surface area contributed by atoms with Crippen LogP contribution in [-0.4, -0.2) is 24.5 Å². The van der Waals surface area contributed by atoms with Crippen LogP contribution < -0.4 is 9.47 Å². The zero-order valence-corrected chi connectivity index (χ0v) is 19.8. The fourth-order valence-electron chi connectivity index (χ4n) is 3.13. The maximum atomic E-state index is 12.3. The standard InChI is InChI=1S/C27H19ClN2O3S/c1-32-23-12-6-20(7-13-23)26(31)16-33-24-10-2-18(3-11-24)14-21(15-29)27-30-25(17-34-27)19-4-8-22(28)9-5-19/h2-14,17H,16H2,1H3/b21-14+. The molecule has 0 atom stereocenters. The molecule has 1 aromatic heterocycles. The number of hydrogen-bond donors (Lipinski definition) is 0. The largest absolute Gasteiger partial charge is 0.497 e. The van der Waals surface area contributed by atoms with Crippen molar-refractivity contribution in [3.05, 3.63) is 99.3 Å². The minimum atomic E-state index is -0.126. The minimum absolute atomic E-state index is 0.0719. The highest BCUT2D eigenvalue weighted by molar-refractivity contribution is 7.11. The number of Topliss-reactive ketones (excluding diaryl/α,β-unsaturated/α-hetero) is 1. The van der Waals surface area contributed by atoms with Crippen LogP contribution in [0.2, 0.25) is 5.02 Å². The van der Waals surface area contributed by atoms with Crippen LogP contribution in [-0.2, 0) is 0 Å². The molecule has 168 valence electrons. The Kier molecular flexibility index (Phi) is 7.38. The Hall–Kier alpha value is -3.92. The van der Waals surface area contributed by atoms with Gasteiger partial charge in [0.2, 0.25) is 0 Å². The summed E-state index contributed by atoms with van der Waals surface area (Å²) in [6, 6.07) is 23.7. The van der Waals surface area contributed by atoms with Gasteiger partial charge < -0.3 is 9.47 Å². The lowest BCUT2D eigenvalue weighted by molar-refractivity contribution is 0.0921. The van der Waals surface area contributed by atoms with E-state index in [0.29, 0.717) is 32.7 Å². The van der Waals surface area contributed by atoms with E-state index < -0.39 is 0 Å². The van der Waals surface area contributed by atoms with Gasteiger partial charge in [-0.15, -0.1) is 11.3 Å². The second kappa shape index (κ2) is 10.8. The van der Waals surface area contributed by atoms with Crippen LogP contribution in [0, 0.1) is 11.3 Å². The highest BCUT2D eigenvalue weighted by Crippen LogP contribution is 2.28. The molecule has 0 fully saturated rings. The van der Waals surface area contributed by atoms with Crippen LogP contribution in [0.15, 0.2) is 78.2 Å². The molecular formula is C27H19ClN2O3S. The van der Waals surface area contributed by atoms with Gasteiger partial charge in [0.1, 0.15) is 22.6 Å². The summed E-state index contributed by atoms with van der Waals surface area (Å²) < 4.78 is 10.7. The summed E-state index contributed by atoms with van der Waals surface area (Å²) in [5.74, 6) is 1.13. The Labute approximate surface area is 206 Å². The number of carbonyl (C=O) groups is 1. The summed E-state index contributed by atoms with van der Waals surface area (Å²) in [6.45, 7) is -0.0719. The molecule has 3 aromatic carbocycles. The molecule has 0 bridgehead atoms. The normalized spacial score (nSPS) is 11.0. The lowest BCUT2D eigenvalue weighted by atomic mass is 10.1. The number of allylic oxidation sites excluding steroid dienone is 1. The first-order valence-electron chi connectivity index (χ1n) is 10.3. The Morgan fingerprint density at radius 3 is 2.35 bits per heavy atom. The Morgan fingerprint density at radius 1 is 1.03 bits per heavy atom. The number of ether oxygens (including phenoxy) is 2. The van der Waals surface area contributed by atoms with Gasteiger partial charge in [-0.3, -0.25) is 4.79 Å². The minimum Gasteiger partial charge on any atom is -0.497 e. The van der Waals surface area contributed by atoms with Crippen molar-refractivity contribution >= 4 is 40.4 Å². The molecule has 0 saturated carbocycles. The van der Waals surface area contributed by atoms with Crippen LogP contribution in [0.1, 0.15) is 20.9 Å². The summed E-state index contributed by atoms with van der Waals surface area (Å²) in [5, 5.41) is 12.9. The average Bonchev–Trinajstić information content (AvgIpc) is 3.37. The summed E-state index contributed by atoms with van der Waals surface area (Å²) in [5.41, 5.74) is 3.58. The third kappa shape index (κ3) is 5.70. The maximum absolute atomic E-state index is 12.3. The smallest absolute Gasteiger partial charge is 0.200 e. The molecular weight excluding hydrogens is 468 g/mol. The van der Waals surface area contributed by atoms with Gasteiger partial charge in [0.05, 0.1) is 18.4 Å². The van der Waals surface area contributed by atoms with Crippen molar-refractivity contribution < 1.29 is 14.3 Å². The van der Waals surface area contributed by atoms with E-state index in [1.54, 1.807) is 49.6 Å². The third-order valence-electron chi connectivity index (χ3n) is 4.97. The Balaban J connectivity index is 1.41. The van der Waals surface area contributed by atoms with E-state index >= 15 is 0 Å². The van der Waals surface area contributed by atoms with Gasteiger partial charge in [0, 0.05) is 21.5 Å². The molecule has 0 unspecified atom stereocenters. The van der Waals surface area contributed by atoms with Crippen LogP contribution in [0.25, 0.3) is 22.9 Å². The van der Waals surface area contributed by atoms with Gasteiger partial charge in [-0.05, 0) is 60.2 Å². The summed E-state index contributed by atoms with van der Waals surface area (Å²) in [7, 11) is 1.58. The van der Waals surface area contributed by atoms with E-state index in [1.165, 1.54) is 11.3 Å². The monoisotopic (exact) mass is 486 g/mol. The molecule has 4 rings (SSSR count). The van der Waals surface area contributed by atoms with E-state index in [2.05, 4.69) is 11.1 Å². The number of rotatable bonds is 8. The van der Waals surface area contributed by atoms with Gasteiger partial charge in [-0.1, -0.05) is 35.9 Å². The van der Waals surface area contributed by atoms with Gasteiger partial charge in [0.15, 0.2) is 12.4 Å². The summed E-state index contributed by atoms with van der Waals surface area (Å²) in [4.78, 5) is 16.9. The number of nitriles is 1. The Morgan fingerprint density at radius 2 is 1.71 bits per heavy atom. The zero-order chi connectivity index (χ0) is 23.9. The third-order valence-corrected chi connectivity index (χ3v) is 6.10. The number of carbonyl (C=O) groups excluding carboxylic acids is 1. The highest BCUT2D eigenvalue weighted by Gasteiger charge is 2.10. The average molecular weight is 487 g/mol. The number of nitrogens with zero attached hydrogens (tertiary/aromatic N) is 2. The van der Waals surface area contributed by atoms with Crippen molar-refractivity contribution in [2.24, 2.45) is 0 Å². The van der Waals surface area contributed by atoms with Crippen LogP contribution in [0.4, 0.5) is 0 Å². The topological polar surface area (TPSA) is 72.2 Å². The zero-order valence-electron chi connectivity index (χ0n) is 18.2. The van der Waals surface area contributed by atoms with Gasteiger partial charge >= 0.3 is 0 Å². The van der Waals surface area contributed by atoms with Gasteiger partial charge in [-0.2, -0.15) is 5.26 Å². The number of thiazole rings is 1. The second-order valence-corrected chi connectivity index (χ2v) is 8.52. The van der Waals surface area contributed by atoms with Gasteiger partial charge in [-0.25, -0.2) is 4.98 Å². The predicted molar refractivity (Wildman–Crippen MR) is 135 cm³/mol. The van der Waals surface area contributed by atoms with Crippen molar-refractivity contribution in [3.63, 3.8) is 0 Å². The van der Waals surface area contributed by atoms with E-state index in [1.807, 2.05) is 41.8 Å². The molecule has 7 heteroatoms. The quantitative estimate of drug-likeness (QED) is 0.202. The van der Waals surface area contributed by atoms with E-state index in [0.717, 1.165) is 16.8 Å². The molecule has 0 aliphatic heterocycles. The molecule has 0 N–H and O–H groups in total. The van der Waals surface area contributed by atoms with Crippen LogP contribution in [0.5, 0.6) is 11.5 Å². The number of hydrogen-bond acceptors (Lipinski definition) is 6. The van der Waals surface area contributed by atoms with Crippen molar-refractivity contribution in [2.75, 3.05) is 13.7 Å². The van der Waals surface area contributed by atoms with Crippen molar-refractivity contribution in [3.8, 4) is 28.8 Å². The molecule has 0 radical (unpaired) electrons. The molecule has 4 aromatic rings. The van der Waals surface area contributed by atoms with Gasteiger partial charge in [0.25, 0.3) is 0 Å². The van der Waals surface area contributed by atoms with Crippen molar-refractivity contribution in [2.45, 2.75) is 0 Å². The van der Waals surface area contributed by atoms with E-state index in [9.17, 15) is 10.1 Å². The van der Waals surface area contributed by atoms with Crippen LogP contribution in [0.3, 0.4) is 0 Å². The SMILES string of the molecule is COc1ccc(C(=O)COc2ccc(/C=C(\C#N)c3nc(-c4ccc(Cl)cc4)cs3)cc2)cc1. The fourth-order valence-corrected chi connectivity index (χ4v) is 4.05. The lowest BCUT2D eigenvalue weighted by Crippen LogP contribution is -2.11. The van der Waals surface area contributed by atoms with Crippen LogP contribution >= 0.6 is 22.9 Å². The molecule has 34 heavy (non-hydrogen) atoms. The first-order valence-corrected chi connectivity index (χ1v) is 11.6. The van der Waals surface area contributed by atoms with Crippen molar-refractivity contribution in [1.82, 2.24) is 4.98 Å². The Bertz CT molecular complexity index is 1350. The number of methoxy groups -OCH3 is 1. The molecule has 5 nitrogen and oxygen atoms in total. The molecule has 0 aliphatic carbocycles. The van der Waals surface area contributed by atoms with E-state index in [4.69, 9.17) is 21.1 Å². The lowest BCUT2D eigenvalue weighted by Gasteiger charge is -2.07. The first-order chi connectivity index (χ1) is 16.6. The fraction of sp³-hybridized carbons (Fsp3) is 0.0741. The summed E-state index contributed by atoms with van der Waals surface area (Å²) >= 11 is 7.36.